The number of hydrogen-bond donors (Lipinski definition) is 1. The molecule has 0 aromatic carbocycles. The van der Waals surface area contributed by atoms with E-state index in [1.54, 1.807) is 0 Å². The standard InChI is InChI=1S/C7H3ClF3N3O/c8-4-2-1-3-5(12-4)13-6(14(3)15)7(9,10)11/h1-2,15H. The number of fused-ring (bicyclic) bond motifs is 1. The smallest absolute Gasteiger partial charge is 0.426 e. The second-order valence-electron chi connectivity index (χ2n) is 2.72. The van der Waals surface area contributed by atoms with E-state index in [4.69, 9.17) is 16.8 Å². The summed E-state index contributed by atoms with van der Waals surface area (Å²) in [7, 11) is 0. The van der Waals surface area contributed by atoms with Crippen LogP contribution in [0.15, 0.2) is 12.1 Å². The minimum atomic E-state index is -4.73. The van der Waals surface area contributed by atoms with Crippen LogP contribution in [-0.4, -0.2) is 19.9 Å². The van der Waals surface area contributed by atoms with Gasteiger partial charge in [-0.15, -0.1) is 0 Å². The third-order valence-electron chi connectivity index (χ3n) is 1.71. The molecule has 0 unspecified atom stereocenters. The molecule has 0 aliphatic heterocycles. The Bertz CT molecular complexity index is 522. The van der Waals surface area contributed by atoms with Crippen LogP contribution in [0.4, 0.5) is 13.2 Å². The van der Waals surface area contributed by atoms with Crippen molar-refractivity contribution in [2.45, 2.75) is 6.18 Å². The fraction of sp³-hybridized carbons (Fsp3) is 0.143. The van der Waals surface area contributed by atoms with Gasteiger partial charge in [0.2, 0.25) is 0 Å². The summed E-state index contributed by atoms with van der Waals surface area (Å²) in [5.41, 5.74) is -0.399. The minimum absolute atomic E-state index is 0.00863. The molecule has 1 N–H and O–H groups in total. The molecule has 0 atom stereocenters. The number of hydrogen-bond acceptors (Lipinski definition) is 3. The number of nitrogens with zero attached hydrogens (tertiary/aromatic N) is 3. The number of alkyl halides is 3. The zero-order valence-corrected chi connectivity index (χ0v) is 7.71. The molecule has 0 spiro atoms. The van der Waals surface area contributed by atoms with E-state index in [9.17, 15) is 13.2 Å². The quantitative estimate of drug-likeness (QED) is 0.565. The Balaban J connectivity index is 2.75. The number of rotatable bonds is 0. The van der Waals surface area contributed by atoms with E-state index < -0.39 is 12.0 Å². The SMILES string of the molecule is On1c(C(F)(F)F)nc2nc(Cl)ccc21. The molecule has 0 fully saturated rings. The van der Waals surface area contributed by atoms with Crippen LogP contribution in [-0.2, 0) is 6.18 Å². The molecule has 0 saturated carbocycles. The predicted molar refractivity (Wildman–Crippen MR) is 44.7 cm³/mol. The Hall–Kier alpha value is -1.50. The van der Waals surface area contributed by atoms with Crippen LogP contribution in [0.1, 0.15) is 5.82 Å². The Morgan fingerprint density at radius 3 is 2.53 bits per heavy atom. The molecule has 0 amide bonds. The predicted octanol–water partition coefficient (Wildman–Crippen LogP) is 2.34. The summed E-state index contributed by atoms with van der Waals surface area (Å²) >= 11 is 5.47. The van der Waals surface area contributed by atoms with Crippen molar-refractivity contribution in [1.29, 1.82) is 0 Å². The molecule has 0 radical (unpaired) electrons. The van der Waals surface area contributed by atoms with Gasteiger partial charge in [0.25, 0.3) is 5.82 Å². The molecule has 80 valence electrons. The molecule has 0 saturated heterocycles. The van der Waals surface area contributed by atoms with Crippen LogP contribution < -0.4 is 0 Å². The maximum Gasteiger partial charge on any atom is 0.453 e. The first-order valence-electron chi connectivity index (χ1n) is 3.71. The van der Waals surface area contributed by atoms with Gasteiger partial charge in [-0.1, -0.05) is 11.6 Å². The maximum absolute atomic E-state index is 12.3. The van der Waals surface area contributed by atoms with Gasteiger partial charge in [0.15, 0.2) is 5.65 Å². The second-order valence-corrected chi connectivity index (χ2v) is 3.11. The molecule has 8 heteroatoms. The molecule has 4 nitrogen and oxygen atoms in total. The van der Waals surface area contributed by atoms with Gasteiger partial charge >= 0.3 is 6.18 Å². The van der Waals surface area contributed by atoms with E-state index in [2.05, 4.69) is 9.97 Å². The molecule has 0 aliphatic carbocycles. The van der Waals surface area contributed by atoms with E-state index in [0.717, 1.165) is 0 Å². The monoisotopic (exact) mass is 237 g/mol. The van der Waals surface area contributed by atoms with Crippen LogP contribution in [0.25, 0.3) is 11.2 Å². The minimum Gasteiger partial charge on any atom is -0.426 e. The van der Waals surface area contributed by atoms with Crippen molar-refractivity contribution in [3.8, 4) is 0 Å². The van der Waals surface area contributed by atoms with Gasteiger partial charge in [0.1, 0.15) is 10.7 Å². The highest BCUT2D eigenvalue weighted by molar-refractivity contribution is 6.29. The van der Waals surface area contributed by atoms with Crippen LogP contribution in [0.5, 0.6) is 0 Å². The average Bonchev–Trinajstić information content (AvgIpc) is 2.42. The summed E-state index contributed by atoms with van der Waals surface area (Å²) < 4.78 is 36.8. The van der Waals surface area contributed by atoms with Crippen molar-refractivity contribution in [2.24, 2.45) is 0 Å². The summed E-state index contributed by atoms with van der Waals surface area (Å²) in [5, 5.41) is 9.18. The van der Waals surface area contributed by atoms with E-state index in [0.29, 0.717) is 0 Å². The fourth-order valence-electron chi connectivity index (χ4n) is 1.11. The Morgan fingerprint density at radius 1 is 1.27 bits per heavy atom. The zero-order valence-electron chi connectivity index (χ0n) is 6.96. The Morgan fingerprint density at radius 2 is 1.93 bits per heavy atom. The largest absolute Gasteiger partial charge is 0.453 e. The molecular weight excluding hydrogens is 235 g/mol. The molecule has 15 heavy (non-hydrogen) atoms. The van der Waals surface area contributed by atoms with Gasteiger partial charge in [-0.05, 0) is 12.1 Å². The van der Waals surface area contributed by atoms with Gasteiger partial charge in [0.05, 0.1) is 0 Å². The molecule has 2 heterocycles. The lowest BCUT2D eigenvalue weighted by atomic mass is 10.4. The van der Waals surface area contributed by atoms with Gasteiger partial charge in [-0.25, -0.2) is 9.97 Å². The summed E-state index contributed by atoms with van der Waals surface area (Å²) in [6.45, 7) is 0. The topological polar surface area (TPSA) is 50.9 Å². The van der Waals surface area contributed by atoms with Crippen LogP contribution in [0.3, 0.4) is 0 Å². The molecule has 0 aliphatic rings. The van der Waals surface area contributed by atoms with Crippen LogP contribution in [0.2, 0.25) is 5.15 Å². The van der Waals surface area contributed by atoms with Crippen molar-refractivity contribution in [1.82, 2.24) is 14.7 Å². The lowest BCUT2D eigenvalue weighted by Gasteiger charge is -2.03. The van der Waals surface area contributed by atoms with Crippen LogP contribution >= 0.6 is 11.6 Å². The lowest BCUT2D eigenvalue weighted by Crippen LogP contribution is -2.12. The highest BCUT2D eigenvalue weighted by atomic mass is 35.5. The van der Waals surface area contributed by atoms with Gasteiger partial charge < -0.3 is 5.21 Å². The summed E-state index contributed by atoms with van der Waals surface area (Å²) in [5.74, 6) is -1.42. The van der Waals surface area contributed by atoms with Gasteiger partial charge in [0, 0.05) is 0 Å². The highest BCUT2D eigenvalue weighted by Gasteiger charge is 2.38. The van der Waals surface area contributed by atoms with Crippen molar-refractivity contribution in [3.63, 3.8) is 0 Å². The average molecular weight is 238 g/mol. The first-order valence-corrected chi connectivity index (χ1v) is 4.09. The number of halogens is 4. The van der Waals surface area contributed by atoms with Gasteiger partial charge in [-0.2, -0.15) is 17.9 Å². The molecule has 2 aromatic rings. The highest BCUT2D eigenvalue weighted by Crippen LogP contribution is 2.30. The summed E-state index contributed by atoms with van der Waals surface area (Å²) in [6, 6.07) is 2.46. The lowest BCUT2D eigenvalue weighted by molar-refractivity contribution is -0.153. The molecular formula is C7H3ClF3N3O. The second kappa shape index (κ2) is 2.99. The van der Waals surface area contributed by atoms with Crippen molar-refractivity contribution >= 4 is 22.8 Å². The van der Waals surface area contributed by atoms with E-state index >= 15 is 0 Å². The summed E-state index contributed by atoms with van der Waals surface area (Å²) in [6.07, 6.45) is -4.73. The van der Waals surface area contributed by atoms with Crippen LogP contribution in [0, 0.1) is 0 Å². The third kappa shape index (κ3) is 1.58. The van der Waals surface area contributed by atoms with Gasteiger partial charge in [-0.3, -0.25) is 0 Å². The van der Waals surface area contributed by atoms with E-state index in [1.165, 1.54) is 12.1 Å². The van der Waals surface area contributed by atoms with Crippen molar-refractivity contribution in [2.75, 3.05) is 0 Å². The first kappa shape index (κ1) is 10.0. The summed E-state index contributed by atoms with van der Waals surface area (Å²) in [4.78, 5) is 6.68. The fourth-order valence-corrected chi connectivity index (χ4v) is 1.25. The Kier molecular flexibility index (Phi) is 2.00. The van der Waals surface area contributed by atoms with Crippen molar-refractivity contribution < 1.29 is 18.4 Å². The molecule has 0 bridgehead atoms. The first-order chi connectivity index (χ1) is 6.89. The third-order valence-corrected chi connectivity index (χ3v) is 1.93. The van der Waals surface area contributed by atoms with E-state index in [1.807, 2.05) is 0 Å². The number of aromatic nitrogens is 3. The number of imidazole rings is 1. The zero-order chi connectivity index (χ0) is 11.2. The van der Waals surface area contributed by atoms with Crippen molar-refractivity contribution in [3.05, 3.63) is 23.1 Å². The number of pyridine rings is 1. The molecule has 2 aromatic heterocycles. The Labute approximate surface area is 85.9 Å². The van der Waals surface area contributed by atoms with E-state index in [-0.39, 0.29) is 21.0 Å². The normalized spacial score (nSPS) is 12.3. The maximum atomic E-state index is 12.3. The molecule has 2 rings (SSSR count).